The average molecular weight is 471 g/mol. The quantitative estimate of drug-likeness (QED) is 0.204. The monoisotopic (exact) mass is 470 g/mol. The first-order chi connectivity index (χ1) is 15.5. The Hall–Kier alpha value is -2.68. The standard InChI is InChI=1S/C23H23ClN4O3S/c1-3-31-14-6-13-27-21(30)18-7-4-5-8-19(18)28-22(27)25-26-23(28)32-15(2)20(29)16-9-11-17(24)12-10-16/h4-5,7-12,15H,3,6,13-14H2,1-2H3. The zero-order valence-corrected chi connectivity index (χ0v) is 19.4. The molecule has 0 saturated heterocycles. The number of aromatic nitrogens is 4. The summed E-state index contributed by atoms with van der Waals surface area (Å²) in [6.45, 7) is 5.44. The molecule has 0 aliphatic rings. The normalized spacial score (nSPS) is 12.5. The lowest BCUT2D eigenvalue weighted by atomic mass is 10.1. The Morgan fingerprint density at radius 3 is 2.66 bits per heavy atom. The Labute approximate surface area is 194 Å². The molecule has 0 aliphatic heterocycles. The molecule has 4 rings (SSSR count). The van der Waals surface area contributed by atoms with Gasteiger partial charge in [0.1, 0.15) is 0 Å². The van der Waals surface area contributed by atoms with Crippen LogP contribution in [0.1, 0.15) is 30.6 Å². The number of halogens is 1. The van der Waals surface area contributed by atoms with Crippen LogP contribution in [0.15, 0.2) is 58.5 Å². The van der Waals surface area contributed by atoms with Crippen LogP contribution in [0.2, 0.25) is 5.02 Å². The van der Waals surface area contributed by atoms with Gasteiger partial charge in [-0.05, 0) is 56.7 Å². The molecule has 0 spiro atoms. The van der Waals surface area contributed by atoms with Crippen molar-refractivity contribution in [2.45, 2.75) is 37.2 Å². The van der Waals surface area contributed by atoms with Crippen LogP contribution in [0.5, 0.6) is 0 Å². The van der Waals surface area contributed by atoms with E-state index in [1.807, 2.05) is 36.4 Å². The van der Waals surface area contributed by atoms with Gasteiger partial charge in [-0.25, -0.2) is 0 Å². The van der Waals surface area contributed by atoms with Crippen molar-refractivity contribution in [3.05, 3.63) is 69.5 Å². The van der Waals surface area contributed by atoms with E-state index in [9.17, 15) is 9.59 Å². The van der Waals surface area contributed by atoms with Gasteiger partial charge >= 0.3 is 0 Å². The van der Waals surface area contributed by atoms with E-state index in [0.717, 1.165) is 0 Å². The Morgan fingerprint density at radius 2 is 1.91 bits per heavy atom. The summed E-state index contributed by atoms with van der Waals surface area (Å²) in [6, 6.07) is 14.2. The van der Waals surface area contributed by atoms with E-state index in [4.69, 9.17) is 16.3 Å². The maximum Gasteiger partial charge on any atom is 0.262 e. The number of nitrogens with zero attached hydrogens (tertiary/aromatic N) is 4. The van der Waals surface area contributed by atoms with Crippen LogP contribution in [0, 0.1) is 0 Å². The summed E-state index contributed by atoms with van der Waals surface area (Å²) in [6.07, 6.45) is 0.683. The molecule has 166 valence electrons. The molecular formula is C23H23ClN4O3S. The first-order valence-electron chi connectivity index (χ1n) is 10.4. The van der Waals surface area contributed by atoms with Crippen LogP contribution < -0.4 is 5.56 Å². The average Bonchev–Trinajstić information content (AvgIpc) is 3.22. The molecule has 2 aromatic heterocycles. The van der Waals surface area contributed by atoms with Gasteiger partial charge in [-0.15, -0.1) is 10.2 Å². The van der Waals surface area contributed by atoms with Crippen LogP contribution in [0.4, 0.5) is 0 Å². The lowest BCUT2D eigenvalue weighted by Gasteiger charge is -2.13. The number of thioether (sulfide) groups is 1. The zero-order chi connectivity index (χ0) is 22.7. The van der Waals surface area contributed by atoms with Gasteiger partial charge in [0.15, 0.2) is 10.9 Å². The molecule has 1 unspecified atom stereocenters. The van der Waals surface area contributed by atoms with Crippen molar-refractivity contribution in [2.24, 2.45) is 0 Å². The minimum absolute atomic E-state index is 0.0299. The topological polar surface area (TPSA) is 78.5 Å². The largest absolute Gasteiger partial charge is 0.382 e. The number of fused-ring (bicyclic) bond motifs is 3. The van der Waals surface area contributed by atoms with Gasteiger partial charge in [-0.3, -0.25) is 18.6 Å². The maximum atomic E-state index is 13.1. The molecule has 0 fully saturated rings. The lowest BCUT2D eigenvalue weighted by Crippen LogP contribution is -2.24. The van der Waals surface area contributed by atoms with E-state index in [1.165, 1.54) is 11.8 Å². The predicted octanol–water partition coefficient (Wildman–Crippen LogP) is 4.49. The number of hydrogen-bond acceptors (Lipinski definition) is 6. The van der Waals surface area contributed by atoms with E-state index >= 15 is 0 Å². The van der Waals surface area contributed by atoms with Gasteiger partial charge in [0.25, 0.3) is 5.56 Å². The zero-order valence-electron chi connectivity index (χ0n) is 17.8. The van der Waals surface area contributed by atoms with E-state index < -0.39 is 5.25 Å². The van der Waals surface area contributed by atoms with Crippen molar-refractivity contribution in [1.82, 2.24) is 19.2 Å². The van der Waals surface area contributed by atoms with Crippen molar-refractivity contribution in [1.29, 1.82) is 0 Å². The van der Waals surface area contributed by atoms with Crippen molar-refractivity contribution < 1.29 is 9.53 Å². The fourth-order valence-electron chi connectivity index (χ4n) is 3.54. The first kappa shape index (κ1) is 22.5. The third kappa shape index (κ3) is 4.44. The van der Waals surface area contributed by atoms with E-state index in [-0.39, 0.29) is 11.3 Å². The molecule has 9 heteroatoms. The molecule has 1 atom stereocenters. The van der Waals surface area contributed by atoms with E-state index in [2.05, 4.69) is 10.2 Å². The minimum Gasteiger partial charge on any atom is -0.382 e. The lowest BCUT2D eigenvalue weighted by molar-refractivity contribution is 0.0994. The van der Waals surface area contributed by atoms with Gasteiger partial charge < -0.3 is 4.74 Å². The number of Topliss-reactive ketones (excluding diaryl/α,β-unsaturated/α-hetero) is 1. The van der Waals surface area contributed by atoms with Crippen molar-refractivity contribution >= 4 is 45.8 Å². The molecule has 0 bridgehead atoms. The molecule has 2 aromatic carbocycles. The Bertz CT molecular complexity index is 1320. The first-order valence-corrected chi connectivity index (χ1v) is 11.7. The second-order valence-electron chi connectivity index (χ2n) is 7.27. The summed E-state index contributed by atoms with van der Waals surface area (Å²) in [5.41, 5.74) is 1.19. The summed E-state index contributed by atoms with van der Waals surface area (Å²) >= 11 is 7.25. The number of carbonyl (C=O) groups excluding carboxylic acids is 1. The number of rotatable bonds is 9. The number of hydrogen-bond donors (Lipinski definition) is 0. The fourth-order valence-corrected chi connectivity index (χ4v) is 4.60. The summed E-state index contributed by atoms with van der Waals surface area (Å²) in [5, 5.41) is 9.96. The van der Waals surface area contributed by atoms with Gasteiger partial charge in [-0.2, -0.15) is 0 Å². The third-order valence-electron chi connectivity index (χ3n) is 5.13. The van der Waals surface area contributed by atoms with Crippen molar-refractivity contribution in [3.63, 3.8) is 0 Å². The Morgan fingerprint density at radius 1 is 1.16 bits per heavy atom. The second-order valence-corrected chi connectivity index (χ2v) is 9.02. The number of benzene rings is 2. The molecule has 0 N–H and O–H groups in total. The smallest absolute Gasteiger partial charge is 0.262 e. The number of carbonyl (C=O) groups is 1. The number of ketones is 1. The second kappa shape index (κ2) is 9.85. The molecule has 7 nitrogen and oxygen atoms in total. The molecule has 0 amide bonds. The van der Waals surface area contributed by atoms with Crippen LogP contribution in [-0.4, -0.2) is 43.4 Å². The number of aryl methyl sites for hydroxylation is 1. The van der Waals surface area contributed by atoms with Crippen LogP contribution >= 0.6 is 23.4 Å². The van der Waals surface area contributed by atoms with E-state index in [1.54, 1.807) is 34.9 Å². The van der Waals surface area contributed by atoms with Crippen molar-refractivity contribution in [2.75, 3.05) is 13.2 Å². The number of ether oxygens (including phenoxy) is 1. The van der Waals surface area contributed by atoms with Crippen LogP contribution in [0.25, 0.3) is 16.7 Å². The van der Waals surface area contributed by atoms with Gasteiger partial charge in [-0.1, -0.05) is 35.5 Å². The highest BCUT2D eigenvalue weighted by atomic mass is 35.5. The highest BCUT2D eigenvalue weighted by molar-refractivity contribution is 8.00. The summed E-state index contributed by atoms with van der Waals surface area (Å²) in [5.74, 6) is 0.427. The van der Waals surface area contributed by atoms with Gasteiger partial charge in [0.05, 0.1) is 16.2 Å². The summed E-state index contributed by atoms with van der Waals surface area (Å²) in [7, 11) is 0. The fraction of sp³-hybridized carbons (Fsp3) is 0.304. The molecule has 0 saturated carbocycles. The molecular weight excluding hydrogens is 448 g/mol. The molecule has 2 heterocycles. The van der Waals surface area contributed by atoms with Gasteiger partial charge in [0.2, 0.25) is 5.78 Å². The van der Waals surface area contributed by atoms with Gasteiger partial charge in [0, 0.05) is 30.3 Å². The highest BCUT2D eigenvalue weighted by Crippen LogP contribution is 2.27. The molecule has 0 aliphatic carbocycles. The minimum atomic E-state index is -0.402. The van der Waals surface area contributed by atoms with Crippen LogP contribution in [0.3, 0.4) is 0 Å². The summed E-state index contributed by atoms with van der Waals surface area (Å²) < 4.78 is 8.90. The highest BCUT2D eigenvalue weighted by Gasteiger charge is 2.22. The Kier molecular flexibility index (Phi) is 6.93. The predicted molar refractivity (Wildman–Crippen MR) is 127 cm³/mol. The molecule has 4 aromatic rings. The van der Waals surface area contributed by atoms with E-state index in [0.29, 0.717) is 58.6 Å². The molecule has 32 heavy (non-hydrogen) atoms. The molecule has 0 radical (unpaired) electrons. The third-order valence-corrected chi connectivity index (χ3v) is 6.43. The SMILES string of the molecule is CCOCCCn1c(=O)c2ccccc2n2c(SC(C)C(=O)c3ccc(Cl)cc3)nnc12. The van der Waals surface area contributed by atoms with Crippen LogP contribution in [-0.2, 0) is 11.3 Å². The maximum absolute atomic E-state index is 13.1. The van der Waals surface area contributed by atoms with Crippen molar-refractivity contribution in [3.8, 4) is 0 Å². The Balaban J connectivity index is 1.72. The summed E-state index contributed by atoms with van der Waals surface area (Å²) in [4.78, 5) is 26.0. The number of para-hydroxylation sites is 1.